The van der Waals surface area contributed by atoms with Crippen LogP contribution >= 0.6 is 0 Å². The van der Waals surface area contributed by atoms with Gasteiger partial charge in [0.25, 0.3) is 0 Å². The molecule has 0 radical (unpaired) electrons. The lowest BCUT2D eigenvalue weighted by molar-refractivity contribution is 0.216. The van der Waals surface area contributed by atoms with Crippen LogP contribution in [0.15, 0.2) is 40.3 Å². The largest absolute Gasteiger partial charge is 0.373 e. The molecule has 1 saturated heterocycles. The average molecular weight is 431 g/mol. The van der Waals surface area contributed by atoms with Crippen molar-refractivity contribution in [3.05, 3.63) is 62.6 Å². The number of fused-ring (bicyclic) bond motifs is 1. The van der Waals surface area contributed by atoms with Gasteiger partial charge in [0.1, 0.15) is 6.07 Å². The second-order valence-corrected chi connectivity index (χ2v) is 7.95. The van der Waals surface area contributed by atoms with Crippen LogP contribution in [0.1, 0.15) is 30.0 Å². The Morgan fingerprint density at radius 3 is 2.50 bits per heavy atom. The molecule has 5 heterocycles. The van der Waals surface area contributed by atoms with Gasteiger partial charge in [-0.1, -0.05) is 6.08 Å². The molecule has 0 bridgehead atoms. The van der Waals surface area contributed by atoms with E-state index >= 15 is 0 Å². The molecule has 2 aliphatic rings. The molecule has 1 fully saturated rings. The third-order valence-electron chi connectivity index (χ3n) is 6.10. The molecule has 3 aromatic heterocycles. The highest BCUT2D eigenvalue weighted by atomic mass is 16.5. The molecule has 0 N–H and O–H groups in total. The molecule has 2 aliphatic heterocycles. The van der Waals surface area contributed by atoms with Crippen LogP contribution in [0.2, 0.25) is 0 Å². The van der Waals surface area contributed by atoms with E-state index in [9.17, 15) is 9.59 Å². The van der Waals surface area contributed by atoms with Gasteiger partial charge in [0.05, 0.1) is 36.7 Å². The summed E-state index contributed by atoms with van der Waals surface area (Å²) in [4.78, 5) is 40.8. The molecule has 3 aromatic rings. The number of piperidine rings is 1. The smallest absolute Gasteiger partial charge is 0.318 e. The number of nitrogens with zero attached hydrogens (tertiary/aromatic N) is 7. The molecule has 0 amide bonds. The summed E-state index contributed by atoms with van der Waals surface area (Å²) in [5.74, 6) is 0.554. The highest BCUT2D eigenvalue weighted by molar-refractivity contribution is 5.78. The second kappa shape index (κ2) is 8.01. The van der Waals surface area contributed by atoms with Gasteiger partial charge in [-0.3, -0.25) is 14.2 Å². The number of nitriles is 1. The lowest BCUT2D eigenvalue weighted by Gasteiger charge is -2.33. The maximum absolute atomic E-state index is 13.0. The number of rotatable bonds is 3. The lowest BCUT2D eigenvalue weighted by Crippen LogP contribution is -2.45. The fraction of sp³-hybridized carbons (Fsp3) is 0.364. The minimum Gasteiger partial charge on any atom is -0.373 e. The summed E-state index contributed by atoms with van der Waals surface area (Å²) in [5, 5.41) is 8.91. The van der Waals surface area contributed by atoms with Crippen molar-refractivity contribution in [1.82, 2.24) is 24.1 Å². The van der Waals surface area contributed by atoms with E-state index in [1.54, 1.807) is 17.8 Å². The number of aryl methyl sites for hydroxylation is 1. The summed E-state index contributed by atoms with van der Waals surface area (Å²) < 4.78 is 8.33. The van der Waals surface area contributed by atoms with E-state index in [4.69, 9.17) is 10.00 Å². The predicted molar refractivity (Wildman–Crippen MR) is 117 cm³/mol. The van der Waals surface area contributed by atoms with Gasteiger partial charge in [0.15, 0.2) is 5.65 Å². The molecule has 32 heavy (non-hydrogen) atoms. The van der Waals surface area contributed by atoms with Crippen molar-refractivity contribution >= 4 is 22.7 Å². The molecule has 0 unspecified atom stereocenters. The zero-order valence-electron chi connectivity index (χ0n) is 17.6. The van der Waals surface area contributed by atoms with Crippen LogP contribution in [0.25, 0.3) is 16.7 Å². The number of ether oxygens (including phenoxy) is 1. The first-order chi connectivity index (χ1) is 15.6. The van der Waals surface area contributed by atoms with Gasteiger partial charge >= 0.3 is 11.1 Å². The molecular weight excluding hydrogens is 410 g/mol. The van der Waals surface area contributed by atoms with Crippen molar-refractivity contribution in [3.8, 4) is 6.07 Å². The zero-order valence-corrected chi connectivity index (χ0v) is 17.6. The van der Waals surface area contributed by atoms with Crippen molar-refractivity contribution in [2.45, 2.75) is 18.9 Å². The summed E-state index contributed by atoms with van der Waals surface area (Å²) in [5.41, 5.74) is 2.34. The maximum atomic E-state index is 13.0. The van der Waals surface area contributed by atoms with Crippen molar-refractivity contribution in [2.75, 3.05) is 31.2 Å². The van der Waals surface area contributed by atoms with E-state index in [1.807, 2.05) is 23.1 Å². The third kappa shape index (κ3) is 3.36. The Bertz CT molecular complexity index is 1370. The Hall–Kier alpha value is -3.84. The van der Waals surface area contributed by atoms with Crippen LogP contribution in [0.3, 0.4) is 0 Å². The van der Waals surface area contributed by atoms with Gasteiger partial charge in [-0.15, -0.1) is 0 Å². The summed E-state index contributed by atoms with van der Waals surface area (Å²) >= 11 is 0. The van der Waals surface area contributed by atoms with Gasteiger partial charge in [-0.05, 0) is 24.5 Å². The van der Waals surface area contributed by atoms with Gasteiger partial charge < -0.3 is 14.2 Å². The maximum Gasteiger partial charge on any atom is 0.318 e. The van der Waals surface area contributed by atoms with Crippen LogP contribution in [0.5, 0.6) is 0 Å². The minimum absolute atomic E-state index is 0.152. The van der Waals surface area contributed by atoms with E-state index < -0.39 is 11.1 Å². The number of anilines is 1. The van der Waals surface area contributed by atoms with Crippen LogP contribution in [0.4, 0.5) is 5.95 Å². The SMILES string of the molecule is Cn1c(=O)c(=O)n(C2CCN(c3ncc(C#N)cn3)CC2)c2ncc(C3=CCOC3)cc21. The van der Waals surface area contributed by atoms with Gasteiger partial charge in [0, 0.05) is 37.9 Å². The highest BCUT2D eigenvalue weighted by Gasteiger charge is 2.26. The van der Waals surface area contributed by atoms with Gasteiger partial charge in [-0.2, -0.15) is 5.26 Å². The number of pyridine rings is 1. The molecule has 0 saturated carbocycles. The quantitative estimate of drug-likeness (QED) is 0.564. The van der Waals surface area contributed by atoms with Crippen LogP contribution in [-0.2, 0) is 11.8 Å². The first-order valence-corrected chi connectivity index (χ1v) is 10.4. The standard InChI is InChI=1S/C22H21N7O3/c1-27-18-8-16(15-4-7-32-13-15)12-24-19(18)29(21(31)20(27)30)17-2-5-28(6-3-17)22-25-10-14(9-23)11-26-22/h4,8,10-12,17H,2-3,5-7,13H2,1H3. The first-order valence-electron chi connectivity index (χ1n) is 10.4. The first kappa shape index (κ1) is 20.1. The van der Waals surface area contributed by atoms with E-state index in [0.29, 0.717) is 61.8 Å². The summed E-state index contributed by atoms with van der Waals surface area (Å²) in [7, 11) is 1.60. The van der Waals surface area contributed by atoms with E-state index in [2.05, 4.69) is 15.0 Å². The third-order valence-corrected chi connectivity index (χ3v) is 6.10. The second-order valence-electron chi connectivity index (χ2n) is 7.95. The summed E-state index contributed by atoms with van der Waals surface area (Å²) in [6, 6.07) is 3.76. The molecule has 10 nitrogen and oxygen atoms in total. The van der Waals surface area contributed by atoms with Crippen molar-refractivity contribution in [1.29, 1.82) is 5.26 Å². The molecule has 0 atom stereocenters. The Morgan fingerprint density at radius 2 is 1.84 bits per heavy atom. The Morgan fingerprint density at radius 1 is 1.09 bits per heavy atom. The van der Waals surface area contributed by atoms with E-state index in [0.717, 1.165) is 11.1 Å². The molecule has 0 aromatic carbocycles. The number of hydrogen-bond donors (Lipinski definition) is 0. The molecule has 0 spiro atoms. The van der Waals surface area contributed by atoms with Crippen LogP contribution < -0.4 is 16.0 Å². The van der Waals surface area contributed by atoms with Crippen molar-refractivity contribution < 1.29 is 4.74 Å². The predicted octanol–water partition coefficient (Wildman–Crippen LogP) is 1.01. The van der Waals surface area contributed by atoms with Gasteiger partial charge in [-0.25, -0.2) is 15.0 Å². The molecule has 10 heteroatoms. The number of aromatic nitrogens is 5. The topological polar surface area (TPSA) is 119 Å². The lowest BCUT2D eigenvalue weighted by atomic mass is 10.0. The van der Waals surface area contributed by atoms with Crippen LogP contribution in [-0.4, -0.2) is 50.4 Å². The fourth-order valence-corrected chi connectivity index (χ4v) is 4.30. The highest BCUT2D eigenvalue weighted by Crippen LogP contribution is 2.27. The normalized spacial score (nSPS) is 16.9. The zero-order chi connectivity index (χ0) is 22.2. The van der Waals surface area contributed by atoms with Crippen LogP contribution in [0, 0.1) is 11.3 Å². The Labute approximate surface area is 183 Å². The fourth-order valence-electron chi connectivity index (χ4n) is 4.30. The molecule has 162 valence electrons. The minimum atomic E-state index is -0.564. The average Bonchev–Trinajstić information content (AvgIpc) is 3.38. The summed E-state index contributed by atoms with van der Waals surface area (Å²) in [6.07, 6.45) is 8.03. The van der Waals surface area contributed by atoms with Crippen molar-refractivity contribution in [3.63, 3.8) is 0 Å². The van der Waals surface area contributed by atoms with Gasteiger partial charge in [0.2, 0.25) is 5.95 Å². The molecular formula is C22H21N7O3. The Kier molecular flexibility index (Phi) is 5.03. The number of hydrogen-bond acceptors (Lipinski definition) is 8. The van der Waals surface area contributed by atoms with Crippen molar-refractivity contribution in [2.24, 2.45) is 7.05 Å². The monoisotopic (exact) mass is 431 g/mol. The Balaban J connectivity index is 1.48. The summed E-state index contributed by atoms with van der Waals surface area (Å²) in [6.45, 7) is 2.33. The van der Waals surface area contributed by atoms with E-state index in [1.165, 1.54) is 17.0 Å². The molecule has 0 aliphatic carbocycles. The van der Waals surface area contributed by atoms with E-state index in [-0.39, 0.29) is 6.04 Å². The molecule has 5 rings (SSSR count).